The number of furan rings is 1. The molecule has 0 unspecified atom stereocenters. The highest BCUT2D eigenvalue weighted by Gasteiger charge is 2.46. The summed E-state index contributed by atoms with van der Waals surface area (Å²) >= 11 is 1.86. The van der Waals surface area contributed by atoms with E-state index >= 15 is 0 Å². The van der Waals surface area contributed by atoms with Crippen LogP contribution in [0.4, 0.5) is 17.1 Å². The Morgan fingerprint density at radius 2 is 0.953 bits per heavy atom. The standard InChI is InChI=1S/C61H39NOS/c1-3-17-43(18-4-1)61(44-19-5-2-6-20-44)54-26-11-7-23-48(54)49-33-32-46(39-55(49)61)62(45-21-15-16-40(36-45)41-31-35-60-53(37-41)51-25-10-14-29-59(51)64-60)56-27-12-8-22-47(56)42-30-34-58-52(38-42)50-24-9-13-28-57(50)63-58/h1-39H. The fourth-order valence-electron chi connectivity index (χ4n) is 10.5. The maximum atomic E-state index is 6.31. The zero-order valence-electron chi connectivity index (χ0n) is 34.8. The Morgan fingerprint density at radius 3 is 1.80 bits per heavy atom. The molecule has 0 saturated heterocycles. The summed E-state index contributed by atoms with van der Waals surface area (Å²) in [7, 11) is 0. The van der Waals surface area contributed by atoms with Gasteiger partial charge in [-0.25, -0.2) is 0 Å². The fourth-order valence-corrected chi connectivity index (χ4v) is 11.6. The summed E-state index contributed by atoms with van der Waals surface area (Å²) in [6, 6.07) is 86.8. The monoisotopic (exact) mass is 833 g/mol. The summed E-state index contributed by atoms with van der Waals surface area (Å²) in [5.74, 6) is 0. The van der Waals surface area contributed by atoms with Gasteiger partial charge in [-0.3, -0.25) is 0 Å². The van der Waals surface area contributed by atoms with Crippen molar-refractivity contribution < 1.29 is 4.42 Å². The van der Waals surface area contributed by atoms with Gasteiger partial charge < -0.3 is 9.32 Å². The van der Waals surface area contributed by atoms with Crippen LogP contribution in [-0.2, 0) is 5.41 Å². The number of nitrogens with zero attached hydrogens (tertiary/aromatic N) is 1. The van der Waals surface area contributed by atoms with Crippen LogP contribution in [0.25, 0.3) is 75.5 Å². The topological polar surface area (TPSA) is 16.4 Å². The van der Waals surface area contributed by atoms with Crippen molar-refractivity contribution in [3.8, 4) is 33.4 Å². The molecule has 0 amide bonds. The molecule has 0 atom stereocenters. The van der Waals surface area contributed by atoms with Crippen molar-refractivity contribution in [2.45, 2.75) is 5.41 Å². The maximum absolute atomic E-state index is 6.31. The molecule has 0 N–H and O–H groups in total. The van der Waals surface area contributed by atoms with E-state index in [1.54, 1.807) is 0 Å². The van der Waals surface area contributed by atoms with Crippen LogP contribution in [0.3, 0.4) is 0 Å². The summed E-state index contributed by atoms with van der Waals surface area (Å²) in [6.45, 7) is 0. The van der Waals surface area contributed by atoms with Crippen molar-refractivity contribution in [2.75, 3.05) is 4.90 Å². The summed E-state index contributed by atoms with van der Waals surface area (Å²) in [5.41, 5.74) is 16.7. The van der Waals surface area contributed by atoms with Crippen molar-refractivity contribution in [1.29, 1.82) is 0 Å². The van der Waals surface area contributed by atoms with Gasteiger partial charge in [-0.2, -0.15) is 0 Å². The number of rotatable bonds is 7. The van der Waals surface area contributed by atoms with Gasteiger partial charge in [-0.1, -0.05) is 170 Å². The summed E-state index contributed by atoms with van der Waals surface area (Å²) in [6.07, 6.45) is 0. The second-order valence-corrected chi connectivity index (χ2v) is 17.9. The predicted octanol–water partition coefficient (Wildman–Crippen LogP) is 17.1. The molecular weight excluding hydrogens is 795 g/mol. The van der Waals surface area contributed by atoms with E-state index in [4.69, 9.17) is 4.42 Å². The van der Waals surface area contributed by atoms with E-state index < -0.39 is 5.41 Å². The lowest BCUT2D eigenvalue weighted by molar-refractivity contribution is 0.669. The zero-order valence-corrected chi connectivity index (χ0v) is 35.6. The number of anilines is 3. The van der Waals surface area contributed by atoms with Crippen molar-refractivity contribution in [1.82, 2.24) is 0 Å². The smallest absolute Gasteiger partial charge is 0.135 e. The third-order valence-corrected chi connectivity index (χ3v) is 14.5. The summed E-state index contributed by atoms with van der Waals surface area (Å²) < 4.78 is 8.93. The molecule has 0 bridgehead atoms. The Kier molecular flexibility index (Phi) is 8.34. The molecule has 2 aromatic heterocycles. The fraction of sp³-hybridized carbons (Fsp3) is 0.0164. The molecule has 1 aliphatic carbocycles. The van der Waals surface area contributed by atoms with E-state index in [1.807, 2.05) is 23.5 Å². The van der Waals surface area contributed by atoms with Gasteiger partial charge in [0.1, 0.15) is 11.2 Å². The molecule has 64 heavy (non-hydrogen) atoms. The highest BCUT2D eigenvalue weighted by atomic mass is 32.1. The Hall–Kier alpha value is -7.98. The third kappa shape index (κ3) is 5.58. The SMILES string of the molecule is c1ccc(C2(c3ccccc3)c3ccccc3-c3ccc(N(c4cccc(-c5ccc6sc7ccccc7c6c5)c4)c4ccccc4-c4ccc5oc6ccccc6c5c4)cc32)cc1. The van der Waals surface area contributed by atoms with Crippen molar-refractivity contribution in [3.05, 3.63) is 259 Å². The van der Waals surface area contributed by atoms with Gasteiger partial charge in [0.15, 0.2) is 0 Å². The molecule has 10 aromatic carbocycles. The Labute approximate surface area is 375 Å². The molecule has 1 aliphatic rings. The van der Waals surface area contributed by atoms with Crippen LogP contribution < -0.4 is 4.90 Å². The predicted molar refractivity (Wildman–Crippen MR) is 269 cm³/mol. The first-order valence-electron chi connectivity index (χ1n) is 21.9. The number of hydrogen-bond acceptors (Lipinski definition) is 3. The van der Waals surface area contributed by atoms with E-state index in [2.05, 4.69) is 229 Å². The number of thiophene rings is 1. The van der Waals surface area contributed by atoms with Gasteiger partial charge in [0.25, 0.3) is 0 Å². The quantitative estimate of drug-likeness (QED) is 0.159. The van der Waals surface area contributed by atoms with E-state index in [-0.39, 0.29) is 0 Å². The molecule has 0 saturated carbocycles. The van der Waals surface area contributed by atoms with Crippen LogP contribution >= 0.6 is 11.3 Å². The van der Waals surface area contributed by atoms with Crippen LogP contribution in [-0.4, -0.2) is 0 Å². The zero-order chi connectivity index (χ0) is 42.2. The van der Waals surface area contributed by atoms with Gasteiger partial charge in [0.05, 0.1) is 11.1 Å². The molecule has 0 fully saturated rings. The lowest BCUT2D eigenvalue weighted by Gasteiger charge is -2.35. The van der Waals surface area contributed by atoms with E-state index in [9.17, 15) is 0 Å². The summed E-state index contributed by atoms with van der Waals surface area (Å²) in [5, 5.41) is 4.83. The highest BCUT2D eigenvalue weighted by molar-refractivity contribution is 7.25. The normalized spacial score (nSPS) is 12.8. The third-order valence-electron chi connectivity index (χ3n) is 13.3. The van der Waals surface area contributed by atoms with Crippen LogP contribution in [0.1, 0.15) is 22.3 Å². The Balaban J connectivity index is 1.06. The molecule has 3 heteroatoms. The average molecular weight is 834 g/mol. The first kappa shape index (κ1) is 36.7. The van der Waals surface area contributed by atoms with Crippen LogP contribution in [0.5, 0.6) is 0 Å². The minimum atomic E-state index is -0.538. The molecule has 300 valence electrons. The number of fused-ring (bicyclic) bond motifs is 9. The van der Waals surface area contributed by atoms with Crippen LogP contribution in [0, 0.1) is 0 Å². The highest BCUT2D eigenvalue weighted by Crippen LogP contribution is 2.57. The lowest BCUT2D eigenvalue weighted by atomic mass is 9.67. The van der Waals surface area contributed by atoms with Gasteiger partial charge in [-0.05, 0) is 117 Å². The minimum absolute atomic E-state index is 0.538. The second kappa shape index (κ2) is 14.6. The van der Waals surface area contributed by atoms with E-state index in [0.717, 1.165) is 50.1 Å². The Morgan fingerprint density at radius 1 is 0.344 bits per heavy atom. The first-order valence-corrected chi connectivity index (χ1v) is 22.7. The van der Waals surface area contributed by atoms with Crippen LogP contribution in [0.15, 0.2) is 241 Å². The number of benzene rings is 10. The number of hydrogen-bond donors (Lipinski definition) is 0. The minimum Gasteiger partial charge on any atom is -0.456 e. The Bertz CT molecular complexity index is 3710. The molecule has 2 heterocycles. The molecule has 0 spiro atoms. The van der Waals surface area contributed by atoms with E-state index in [0.29, 0.717) is 0 Å². The van der Waals surface area contributed by atoms with Gasteiger partial charge in [0, 0.05) is 47.9 Å². The first-order chi connectivity index (χ1) is 31.7. The van der Waals surface area contributed by atoms with E-state index in [1.165, 1.54) is 64.7 Å². The van der Waals surface area contributed by atoms with Gasteiger partial charge in [-0.15, -0.1) is 11.3 Å². The number of para-hydroxylation sites is 2. The summed E-state index contributed by atoms with van der Waals surface area (Å²) in [4.78, 5) is 2.47. The molecular formula is C61H39NOS. The average Bonchev–Trinajstić information content (AvgIpc) is 4.03. The van der Waals surface area contributed by atoms with Gasteiger partial charge >= 0.3 is 0 Å². The molecule has 12 aromatic rings. The molecule has 0 radical (unpaired) electrons. The second-order valence-electron chi connectivity index (χ2n) is 16.8. The lowest BCUT2D eigenvalue weighted by Crippen LogP contribution is -2.28. The molecule has 2 nitrogen and oxygen atoms in total. The van der Waals surface area contributed by atoms with Crippen molar-refractivity contribution in [3.63, 3.8) is 0 Å². The van der Waals surface area contributed by atoms with Gasteiger partial charge in [0.2, 0.25) is 0 Å². The molecule has 13 rings (SSSR count). The largest absolute Gasteiger partial charge is 0.456 e. The van der Waals surface area contributed by atoms with Crippen LogP contribution in [0.2, 0.25) is 0 Å². The molecule has 0 aliphatic heterocycles. The maximum Gasteiger partial charge on any atom is 0.135 e. The van der Waals surface area contributed by atoms with Crippen molar-refractivity contribution >= 4 is 70.5 Å². The van der Waals surface area contributed by atoms with Crippen molar-refractivity contribution in [2.24, 2.45) is 0 Å².